The Bertz CT molecular complexity index is 662. The van der Waals surface area contributed by atoms with Crippen LogP contribution in [0.1, 0.15) is 16.7 Å². The van der Waals surface area contributed by atoms with Crippen LogP contribution in [0.2, 0.25) is 0 Å². The van der Waals surface area contributed by atoms with Crippen LogP contribution in [-0.2, 0) is 0 Å². The Morgan fingerprint density at radius 3 is 2.63 bits per heavy atom. The van der Waals surface area contributed by atoms with Gasteiger partial charge >= 0.3 is 6.03 Å². The molecule has 1 heterocycles. The Kier molecular flexibility index (Phi) is 2.76. The Morgan fingerprint density at radius 2 is 1.84 bits per heavy atom. The van der Waals surface area contributed by atoms with Crippen molar-refractivity contribution in [3.63, 3.8) is 0 Å². The molecule has 0 spiro atoms. The number of nitrogens with one attached hydrogen (secondary N) is 2. The topological polar surface area (TPSA) is 53.5 Å². The molecule has 0 aromatic heterocycles. The molecule has 1 aliphatic rings. The maximum absolute atomic E-state index is 11.6. The van der Waals surface area contributed by atoms with Crippen molar-refractivity contribution in [1.29, 1.82) is 0 Å². The summed E-state index contributed by atoms with van der Waals surface area (Å²) in [7, 11) is 0. The molecule has 0 saturated heterocycles. The van der Waals surface area contributed by atoms with Crippen molar-refractivity contribution in [2.24, 2.45) is 5.10 Å². The minimum Gasteiger partial charge on any atom is -0.306 e. The van der Waals surface area contributed by atoms with Crippen molar-refractivity contribution in [2.45, 2.75) is 6.92 Å². The molecule has 2 N–H and O–H groups in total. The molecule has 2 aromatic rings. The monoisotopic (exact) mass is 251 g/mol. The zero-order valence-electron chi connectivity index (χ0n) is 10.5. The molecular weight excluding hydrogens is 238 g/mol. The van der Waals surface area contributed by atoms with Crippen LogP contribution in [0.5, 0.6) is 0 Å². The second kappa shape index (κ2) is 4.57. The molecule has 94 valence electrons. The average Bonchev–Trinajstić information content (AvgIpc) is 2.58. The number of amides is 2. The van der Waals surface area contributed by atoms with Gasteiger partial charge in [0.15, 0.2) is 0 Å². The van der Waals surface area contributed by atoms with Gasteiger partial charge in [-0.25, -0.2) is 10.2 Å². The number of aryl methyl sites for hydroxylation is 1. The number of hydrogen-bond donors (Lipinski definition) is 2. The van der Waals surface area contributed by atoms with E-state index in [9.17, 15) is 4.79 Å². The van der Waals surface area contributed by atoms with E-state index in [-0.39, 0.29) is 6.03 Å². The molecule has 19 heavy (non-hydrogen) atoms. The van der Waals surface area contributed by atoms with E-state index >= 15 is 0 Å². The smallest absolute Gasteiger partial charge is 0.306 e. The summed E-state index contributed by atoms with van der Waals surface area (Å²) in [5, 5.41) is 7.00. The zero-order chi connectivity index (χ0) is 13.2. The average molecular weight is 251 g/mol. The minimum absolute atomic E-state index is 0.323. The van der Waals surface area contributed by atoms with Gasteiger partial charge < -0.3 is 5.32 Å². The highest BCUT2D eigenvalue weighted by Crippen LogP contribution is 2.23. The van der Waals surface area contributed by atoms with Crippen molar-refractivity contribution < 1.29 is 4.79 Å². The first-order valence-electron chi connectivity index (χ1n) is 6.05. The first-order valence-corrected chi connectivity index (χ1v) is 6.05. The van der Waals surface area contributed by atoms with Gasteiger partial charge in [0.1, 0.15) is 5.71 Å². The van der Waals surface area contributed by atoms with Crippen LogP contribution in [0.3, 0.4) is 0 Å². The molecule has 0 saturated carbocycles. The molecule has 4 heteroatoms. The molecule has 2 amide bonds. The summed E-state index contributed by atoms with van der Waals surface area (Å²) in [4.78, 5) is 11.6. The van der Waals surface area contributed by atoms with E-state index in [4.69, 9.17) is 0 Å². The molecule has 0 bridgehead atoms. The first kappa shape index (κ1) is 11.5. The largest absolute Gasteiger partial charge is 0.339 e. The Balaban J connectivity index is 2.20. The van der Waals surface area contributed by atoms with Gasteiger partial charge in [-0.2, -0.15) is 5.10 Å². The third-order valence-corrected chi connectivity index (χ3v) is 2.99. The van der Waals surface area contributed by atoms with Crippen LogP contribution in [0.25, 0.3) is 0 Å². The minimum atomic E-state index is -0.323. The van der Waals surface area contributed by atoms with Gasteiger partial charge in [0.05, 0.1) is 5.69 Å². The SMILES string of the molecule is Cc1ccc2c(c1)C(c1ccccc1)=NNC(=O)N2. The van der Waals surface area contributed by atoms with Crippen LogP contribution in [-0.4, -0.2) is 11.7 Å². The third kappa shape index (κ3) is 2.20. The van der Waals surface area contributed by atoms with Gasteiger partial charge in [0.25, 0.3) is 0 Å². The summed E-state index contributed by atoms with van der Waals surface area (Å²) in [5.41, 5.74) is 7.04. The van der Waals surface area contributed by atoms with Crippen molar-refractivity contribution >= 4 is 17.4 Å². The Hall–Kier alpha value is -2.62. The third-order valence-electron chi connectivity index (χ3n) is 2.99. The van der Waals surface area contributed by atoms with Crippen LogP contribution >= 0.6 is 0 Å². The Morgan fingerprint density at radius 1 is 1.05 bits per heavy atom. The number of urea groups is 1. The molecule has 0 atom stereocenters. The summed E-state index contributed by atoms with van der Waals surface area (Å²) in [6.45, 7) is 2.02. The maximum atomic E-state index is 11.6. The fourth-order valence-electron chi connectivity index (χ4n) is 2.10. The summed E-state index contributed by atoms with van der Waals surface area (Å²) in [5.74, 6) is 0. The summed E-state index contributed by atoms with van der Waals surface area (Å²) in [6.07, 6.45) is 0. The predicted molar refractivity (Wildman–Crippen MR) is 75.4 cm³/mol. The van der Waals surface area contributed by atoms with Crippen molar-refractivity contribution in [1.82, 2.24) is 5.43 Å². The van der Waals surface area contributed by atoms with E-state index in [1.54, 1.807) is 0 Å². The molecule has 3 rings (SSSR count). The van der Waals surface area contributed by atoms with E-state index in [0.29, 0.717) is 0 Å². The Labute approximate surface area is 111 Å². The second-order valence-electron chi connectivity index (χ2n) is 4.44. The number of carbonyl (C=O) groups is 1. The van der Waals surface area contributed by atoms with Crippen molar-refractivity contribution in [3.8, 4) is 0 Å². The molecule has 0 fully saturated rings. The van der Waals surface area contributed by atoms with Crippen LogP contribution in [0, 0.1) is 6.92 Å². The molecule has 0 unspecified atom stereocenters. The van der Waals surface area contributed by atoms with Crippen molar-refractivity contribution in [3.05, 3.63) is 65.2 Å². The highest BCUT2D eigenvalue weighted by Gasteiger charge is 2.17. The fraction of sp³-hybridized carbons (Fsp3) is 0.0667. The van der Waals surface area contributed by atoms with Crippen LogP contribution < -0.4 is 10.7 Å². The highest BCUT2D eigenvalue weighted by molar-refractivity contribution is 6.18. The number of nitrogens with zero attached hydrogens (tertiary/aromatic N) is 1. The number of benzene rings is 2. The number of carbonyl (C=O) groups excluding carboxylic acids is 1. The van der Waals surface area contributed by atoms with Crippen LogP contribution in [0.4, 0.5) is 10.5 Å². The lowest BCUT2D eigenvalue weighted by molar-refractivity contribution is 0.252. The molecule has 0 radical (unpaired) electrons. The lowest BCUT2D eigenvalue weighted by Crippen LogP contribution is -2.22. The summed E-state index contributed by atoms with van der Waals surface area (Å²) < 4.78 is 0. The van der Waals surface area contributed by atoms with Gasteiger partial charge in [-0.3, -0.25) is 0 Å². The number of hydrazone groups is 1. The number of rotatable bonds is 1. The fourth-order valence-corrected chi connectivity index (χ4v) is 2.10. The number of anilines is 1. The molecular formula is C15H13N3O. The van der Waals surface area contributed by atoms with Gasteiger partial charge in [0.2, 0.25) is 0 Å². The van der Waals surface area contributed by atoms with Gasteiger partial charge in [-0.05, 0) is 19.1 Å². The predicted octanol–water partition coefficient (Wildman–Crippen LogP) is 2.88. The molecule has 1 aliphatic heterocycles. The lowest BCUT2D eigenvalue weighted by atomic mass is 9.99. The quantitative estimate of drug-likeness (QED) is 0.804. The lowest BCUT2D eigenvalue weighted by Gasteiger charge is -2.09. The van der Waals surface area contributed by atoms with Gasteiger partial charge in [-0.15, -0.1) is 0 Å². The molecule has 4 nitrogen and oxygen atoms in total. The van der Waals surface area contributed by atoms with E-state index < -0.39 is 0 Å². The van der Waals surface area contributed by atoms with E-state index in [1.165, 1.54) is 0 Å². The van der Waals surface area contributed by atoms with Crippen molar-refractivity contribution in [2.75, 3.05) is 5.32 Å². The number of hydrogen-bond acceptors (Lipinski definition) is 2. The summed E-state index contributed by atoms with van der Waals surface area (Å²) in [6, 6.07) is 15.4. The standard InChI is InChI=1S/C15H13N3O/c1-10-7-8-13-12(9-10)14(17-18-15(19)16-13)11-5-3-2-4-6-11/h2-9H,1H3,(H2,16,18,19). The molecule has 0 aliphatic carbocycles. The van der Waals surface area contributed by atoms with E-state index in [2.05, 4.69) is 15.8 Å². The second-order valence-corrected chi connectivity index (χ2v) is 4.44. The maximum Gasteiger partial charge on any atom is 0.339 e. The van der Waals surface area contributed by atoms with E-state index in [1.807, 2.05) is 55.5 Å². The molecule has 2 aromatic carbocycles. The highest BCUT2D eigenvalue weighted by atomic mass is 16.2. The van der Waals surface area contributed by atoms with E-state index in [0.717, 1.165) is 28.1 Å². The summed E-state index contributed by atoms with van der Waals surface area (Å²) >= 11 is 0. The van der Waals surface area contributed by atoms with Gasteiger partial charge in [0, 0.05) is 11.1 Å². The van der Waals surface area contributed by atoms with Gasteiger partial charge in [-0.1, -0.05) is 42.0 Å². The normalized spacial score (nSPS) is 13.7. The number of fused-ring (bicyclic) bond motifs is 1. The zero-order valence-corrected chi connectivity index (χ0v) is 10.5. The van der Waals surface area contributed by atoms with Crippen LogP contribution in [0.15, 0.2) is 53.6 Å². The first-order chi connectivity index (χ1) is 9.24.